The van der Waals surface area contributed by atoms with Crippen LogP contribution < -0.4 is 29.6 Å². The minimum Gasteiger partial charge on any atom is -0.748 e. The van der Waals surface area contributed by atoms with Gasteiger partial charge in [0.25, 0.3) is 0 Å². The molecule has 0 radical (unpaired) electrons. The van der Waals surface area contributed by atoms with Crippen molar-refractivity contribution in [3.63, 3.8) is 0 Å². The van der Waals surface area contributed by atoms with E-state index in [4.69, 9.17) is 23.6 Å². The van der Waals surface area contributed by atoms with E-state index in [2.05, 4.69) is 0 Å². The molecule has 0 saturated carbocycles. The van der Waals surface area contributed by atoms with Crippen LogP contribution >= 0.6 is 23.6 Å². The third kappa shape index (κ3) is 7.01. The molecule has 0 aromatic rings. The largest absolute Gasteiger partial charge is 1.00 e. The van der Waals surface area contributed by atoms with E-state index in [-0.39, 0.29) is 29.6 Å². The van der Waals surface area contributed by atoms with E-state index in [9.17, 15) is 13.0 Å². The second-order valence-electron chi connectivity index (χ2n) is 3.66. The molecule has 4 nitrogen and oxygen atoms in total. The fourth-order valence-electron chi connectivity index (χ4n) is 1.75. The minimum absolute atomic E-state index is 0. The van der Waals surface area contributed by atoms with E-state index in [0.29, 0.717) is 25.7 Å². The first-order valence-electron chi connectivity index (χ1n) is 4.83. The molecule has 92 valence electrons. The van der Waals surface area contributed by atoms with Gasteiger partial charge in [0, 0.05) is 0 Å². The summed E-state index contributed by atoms with van der Waals surface area (Å²) in [6.45, 7) is 3.78. The molecule has 0 atom stereocenters. The maximum absolute atomic E-state index is 10.8. The maximum Gasteiger partial charge on any atom is 1.00 e. The van der Waals surface area contributed by atoms with E-state index in [1.165, 1.54) is 0 Å². The molecule has 0 N–H and O–H groups in total. The summed E-state index contributed by atoms with van der Waals surface area (Å²) in [6.07, 6.45) is 2.39. The quantitative estimate of drug-likeness (QED) is 0.361. The van der Waals surface area contributed by atoms with Gasteiger partial charge < -0.3 is 4.55 Å². The Morgan fingerprint density at radius 1 is 1.19 bits per heavy atom. The summed E-state index contributed by atoms with van der Waals surface area (Å²) < 4.78 is 33.2. The predicted molar refractivity (Wildman–Crippen MR) is 60.7 cm³/mol. The van der Waals surface area contributed by atoms with Crippen LogP contribution in [-0.2, 0) is 10.1 Å². The molecule has 0 heterocycles. The van der Waals surface area contributed by atoms with Gasteiger partial charge in [0.15, 0.2) is 0 Å². The van der Waals surface area contributed by atoms with Crippen LogP contribution in [-0.4, -0.2) is 28.2 Å². The molecule has 0 aliphatic carbocycles. The summed E-state index contributed by atoms with van der Waals surface area (Å²) in [5.41, 5.74) is -0.951. The summed E-state index contributed by atoms with van der Waals surface area (Å²) >= 11 is 11.3. The Labute approximate surface area is 130 Å². The SMILES string of the molecule is CCCC(CCC)(CS(=O)(=O)[O-])N(Cl)Cl.[Na+]. The van der Waals surface area contributed by atoms with Crippen molar-refractivity contribution in [2.24, 2.45) is 0 Å². The smallest absolute Gasteiger partial charge is 0.748 e. The van der Waals surface area contributed by atoms with E-state index >= 15 is 0 Å². The van der Waals surface area contributed by atoms with Gasteiger partial charge in [-0.15, -0.1) is 3.94 Å². The zero-order chi connectivity index (χ0) is 12.1. The van der Waals surface area contributed by atoms with Crippen molar-refractivity contribution in [3.05, 3.63) is 0 Å². The molecule has 0 rings (SSSR count). The molecule has 0 saturated heterocycles. The second kappa shape index (κ2) is 8.53. The number of hydrogen-bond acceptors (Lipinski definition) is 4. The second-order valence-corrected chi connectivity index (χ2v) is 5.91. The normalized spacial score (nSPS) is 12.6. The first-order chi connectivity index (χ1) is 6.77. The van der Waals surface area contributed by atoms with Gasteiger partial charge in [-0.25, -0.2) is 8.42 Å². The molecule has 0 aromatic carbocycles. The van der Waals surface area contributed by atoms with Crippen molar-refractivity contribution in [2.75, 3.05) is 5.75 Å². The van der Waals surface area contributed by atoms with Crippen LogP contribution in [0.5, 0.6) is 0 Å². The average Bonchev–Trinajstić information content (AvgIpc) is 2.01. The van der Waals surface area contributed by atoms with Gasteiger partial charge in [0.1, 0.15) is 0 Å². The van der Waals surface area contributed by atoms with Crippen LogP contribution in [0.25, 0.3) is 0 Å². The standard InChI is InChI=1S/C8H17Cl2NO3S.Na/c1-3-5-8(6-4-2,11(9)10)7-15(12,13)14;/h3-7H2,1-2H3,(H,12,13,14);/q;+1/p-1. The van der Waals surface area contributed by atoms with Crippen molar-refractivity contribution in [1.29, 1.82) is 0 Å². The first kappa shape index (κ1) is 19.8. The summed E-state index contributed by atoms with van der Waals surface area (Å²) in [4.78, 5) is 0. The van der Waals surface area contributed by atoms with Crippen molar-refractivity contribution in [1.82, 2.24) is 3.94 Å². The fraction of sp³-hybridized carbons (Fsp3) is 1.00. The zero-order valence-electron chi connectivity index (χ0n) is 9.87. The van der Waals surface area contributed by atoms with Gasteiger partial charge in [0.05, 0.1) is 21.4 Å². The molecule has 0 aromatic heterocycles. The Hall–Kier alpha value is 1.45. The summed E-state index contributed by atoms with van der Waals surface area (Å²) in [5, 5.41) is 0. The van der Waals surface area contributed by atoms with E-state index in [0.717, 1.165) is 3.94 Å². The van der Waals surface area contributed by atoms with Crippen LogP contribution in [0.3, 0.4) is 0 Å². The molecule has 0 fully saturated rings. The number of nitrogens with zero attached hydrogens (tertiary/aromatic N) is 1. The maximum atomic E-state index is 10.8. The Kier molecular flexibility index (Phi) is 10.6. The Bertz CT molecular complexity index is 279. The Balaban J connectivity index is 0. The van der Waals surface area contributed by atoms with Gasteiger partial charge in [-0.2, -0.15) is 0 Å². The number of halogens is 2. The van der Waals surface area contributed by atoms with Crippen LogP contribution in [0.15, 0.2) is 0 Å². The predicted octanol–water partition coefficient (Wildman–Crippen LogP) is -0.516. The third-order valence-electron chi connectivity index (χ3n) is 2.23. The number of rotatable bonds is 7. The molecule has 0 aliphatic rings. The first-order valence-corrected chi connectivity index (χ1v) is 7.08. The molecule has 8 heteroatoms. The van der Waals surface area contributed by atoms with E-state index in [1.54, 1.807) is 0 Å². The van der Waals surface area contributed by atoms with Gasteiger partial charge in [-0.1, -0.05) is 26.7 Å². The van der Waals surface area contributed by atoms with E-state index in [1.807, 2.05) is 13.8 Å². The van der Waals surface area contributed by atoms with E-state index < -0.39 is 21.4 Å². The van der Waals surface area contributed by atoms with Crippen LogP contribution in [0.1, 0.15) is 39.5 Å². The van der Waals surface area contributed by atoms with Crippen molar-refractivity contribution < 1.29 is 42.5 Å². The van der Waals surface area contributed by atoms with Gasteiger partial charge >= 0.3 is 29.6 Å². The Morgan fingerprint density at radius 3 is 1.75 bits per heavy atom. The average molecular weight is 300 g/mol. The summed E-state index contributed by atoms with van der Waals surface area (Å²) in [5.74, 6) is -0.547. The topological polar surface area (TPSA) is 60.4 Å². The van der Waals surface area contributed by atoms with Crippen LogP contribution in [0, 0.1) is 0 Å². The molecular formula is C8H16Cl2NNaO3S. The fourth-order valence-corrected chi connectivity index (χ4v) is 3.42. The molecule has 0 aliphatic heterocycles. The molecule has 16 heavy (non-hydrogen) atoms. The zero-order valence-corrected chi connectivity index (χ0v) is 14.2. The molecule has 0 spiro atoms. The van der Waals surface area contributed by atoms with Crippen molar-refractivity contribution in [3.8, 4) is 0 Å². The van der Waals surface area contributed by atoms with Crippen LogP contribution in [0.4, 0.5) is 0 Å². The monoisotopic (exact) mass is 299 g/mol. The van der Waals surface area contributed by atoms with Gasteiger partial charge in [-0.3, -0.25) is 0 Å². The summed E-state index contributed by atoms with van der Waals surface area (Å²) in [7, 11) is -4.33. The van der Waals surface area contributed by atoms with Crippen molar-refractivity contribution >= 4 is 33.7 Å². The molecule has 0 amide bonds. The van der Waals surface area contributed by atoms with Crippen molar-refractivity contribution in [2.45, 2.75) is 45.1 Å². The van der Waals surface area contributed by atoms with Gasteiger partial charge in [0.2, 0.25) is 0 Å². The molecular weight excluding hydrogens is 284 g/mol. The third-order valence-corrected chi connectivity index (χ3v) is 3.84. The Morgan fingerprint density at radius 2 is 1.56 bits per heavy atom. The van der Waals surface area contributed by atoms with Crippen LogP contribution in [0.2, 0.25) is 0 Å². The molecule has 0 unspecified atom stereocenters. The minimum atomic E-state index is -4.33. The number of hydrogen-bond donors (Lipinski definition) is 0. The van der Waals surface area contributed by atoms with Gasteiger partial charge in [-0.05, 0) is 36.4 Å². The molecule has 0 bridgehead atoms. The summed E-state index contributed by atoms with van der Waals surface area (Å²) in [6, 6.07) is 0.